The SMILES string of the molecule is C=c1nc2c(c(=O)[nH]1)=Nc1cc(C)c(C)cc1N2CCNCCP(=O)(O)O. The minimum atomic E-state index is -4.03. The van der Waals surface area contributed by atoms with E-state index in [0.717, 1.165) is 16.8 Å². The van der Waals surface area contributed by atoms with Crippen molar-refractivity contribution in [3.8, 4) is 0 Å². The molecule has 0 spiro atoms. The van der Waals surface area contributed by atoms with Crippen molar-refractivity contribution in [3.05, 3.63) is 44.5 Å². The van der Waals surface area contributed by atoms with Crippen LogP contribution in [0.2, 0.25) is 0 Å². The first kappa shape index (κ1) is 19.4. The van der Waals surface area contributed by atoms with Gasteiger partial charge in [0, 0.05) is 19.6 Å². The molecule has 0 unspecified atom stereocenters. The lowest BCUT2D eigenvalue weighted by molar-refractivity contribution is 0.372. The van der Waals surface area contributed by atoms with Gasteiger partial charge in [0.25, 0.3) is 5.56 Å². The molecule has 0 amide bonds. The number of fused-ring (bicyclic) bond motifs is 2. The van der Waals surface area contributed by atoms with Crippen LogP contribution in [0.3, 0.4) is 0 Å². The van der Waals surface area contributed by atoms with Gasteiger partial charge >= 0.3 is 7.60 Å². The normalized spacial score (nSPS) is 13.1. The minimum absolute atomic E-state index is 0.193. The Morgan fingerprint density at radius 2 is 1.96 bits per heavy atom. The fraction of sp³-hybridized carbons (Fsp3) is 0.353. The van der Waals surface area contributed by atoms with Crippen molar-refractivity contribution in [2.24, 2.45) is 4.99 Å². The lowest BCUT2D eigenvalue weighted by Crippen LogP contribution is -2.44. The number of rotatable bonds is 6. The molecule has 0 radical (unpaired) electrons. The molecule has 2 aromatic rings. The van der Waals surface area contributed by atoms with E-state index in [4.69, 9.17) is 9.79 Å². The number of benzene rings is 1. The Morgan fingerprint density at radius 1 is 1.26 bits per heavy atom. The minimum Gasteiger partial charge on any atom is -0.324 e. The monoisotopic (exact) mass is 391 g/mol. The Labute approximate surface area is 155 Å². The van der Waals surface area contributed by atoms with Crippen molar-refractivity contribution in [2.75, 3.05) is 30.7 Å². The van der Waals surface area contributed by atoms with Gasteiger partial charge in [-0.25, -0.2) is 9.98 Å². The standard InChI is InChI=1S/C17H22N5O4P/c1-10-8-13-14(9-11(10)2)22(6-4-18-5-7-27(24,25)26)16-15(21-13)17(23)20-12(3)19-16/h8-9,18H,3-7H2,1-2H3,(H,20,23)(H2,24,25,26). The highest BCUT2D eigenvalue weighted by molar-refractivity contribution is 7.51. The average Bonchev–Trinajstić information content (AvgIpc) is 2.55. The quantitative estimate of drug-likeness (QED) is 0.402. The van der Waals surface area contributed by atoms with Crippen LogP contribution < -0.4 is 26.6 Å². The summed E-state index contributed by atoms with van der Waals surface area (Å²) in [6.45, 7) is 8.79. The molecular weight excluding hydrogens is 369 g/mol. The highest BCUT2D eigenvalue weighted by atomic mass is 31.2. The van der Waals surface area contributed by atoms with Gasteiger partial charge in [0.05, 0.1) is 17.5 Å². The summed E-state index contributed by atoms with van der Waals surface area (Å²) >= 11 is 0. The summed E-state index contributed by atoms with van der Waals surface area (Å²) < 4.78 is 10.9. The molecule has 1 aliphatic heterocycles. The highest BCUT2D eigenvalue weighted by Gasteiger charge is 2.23. The van der Waals surface area contributed by atoms with E-state index in [9.17, 15) is 9.36 Å². The number of nitrogens with zero attached hydrogens (tertiary/aromatic N) is 3. The molecule has 10 heteroatoms. The van der Waals surface area contributed by atoms with Crippen molar-refractivity contribution in [3.63, 3.8) is 0 Å². The fourth-order valence-electron chi connectivity index (χ4n) is 2.88. The summed E-state index contributed by atoms with van der Waals surface area (Å²) in [4.78, 5) is 43.5. The number of nitrogens with one attached hydrogen (secondary N) is 2. The maximum absolute atomic E-state index is 12.3. The lowest BCUT2D eigenvalue weighted by atomic mass is 10.1. The van der Waals surface area contributed by atoms with E-state index in [-0.39, 0.29) is 29.1 Å². The Hall–Kier alpha value is -2.32. The van der Waals surface area contributed by atoms with Crippen LogP contribution in [0.5, 0.6) is 0 Å². The van der Waals surface area contributed by atoms with Gasteiger partial charge < -0.3 is 25.0 Å². The summed E-state index contributed by atoms with van der Waals surface area (Å²) in [5.41, 5.74) is 3.57. The summed E-state index contributed by atoms with van der Waals surface area (Å²) in [7, 11) is -4.03. The van der Waals surface area contributed by atoms with Crippen LogP contribution in [-0.2, 0) is 4.57 Å². The number of hydrogen-bond donors (Lipinski definition) is 4. The second-order valence-electron chi connectivity index (χ2n) is 6.51. The second kappa shape index (κ2) is 7.36. The Morgan fingerprint density at radius 3 is 2.67 bits per heavy atom. The molecule has 0 saturated carbocycles. The van der Waals surface area contributed by atoms with Gasteiger partial charge in [0.15, 0.2) is 11.2 Å². The smallest absolute Gasteiger partial charge is 0.324 e. The first-order chi connectivity index (χ1) is 12.7. The highest BCUT2D eigenvalue weighted by Crippen LogP contribution is 2.36. The van der Waals surface area contributed by atoms with Gasteiger partial charge in [-0.05, 0) is 37.1 Å². The van der Waals surface area contributed by atoms with E-state index < -0.39 is 7.60 Å². The Kier molecular flexibility index (Phi) is 5.30. The molecule has 4 N–H and O–H groups in total. The summed E-state index contributed by atoms with van der Waals surface area (Å²) in [6, 6.07) is 3.93. The maximum atomic E-state index is 12.3. The van der Waals surface area contributed by atoms with Crippen molar-refractivity contribution >= 4 is 31.4 Å². The molecule has 9 nitrogen and oxygen atoms in total. The number of H-pyrrole nitrogens is 1. The zero-order valence-corrected chi connectivity index (χ0v) is 16.1. The van der Waals surface area contributed by atoms with E-state index in [1.807, 2.05) is 30.9 Å². The van der Waals surface area contributed by atoms with Gasteiger partial charge in [-0.15, -0.1) is 0 Å². The first-order valence-corrected chi connectivity index (χ1v) is 10.3. The van der Waals surface area contributed by atoms with Crippen LogP contribution in [0.25, 0.3) is 6.58 Å². The van der Waals surface area contributed by atoms with Crippen molar-refractivity contribution in [2.45, 2.75) is 13.8 Å². The van der Waals surface area contributed by atoms with E-state index in [2.05, 4.69) is 26.9 Å². The number of anilines is 2. The second-order valence-corrected chi connectivity index (χ2v) is 8.29. The number of aromatic nitrogens is 2. The van der Waals surface area contributed by atoms with Crippen molar-refractivity contribution < 1.29 is 14.4 Å². The molecule has 0 atom stereocenters. The Bertz CT molecular complexity index is 1090. The molecule has 0 aliphatic carbocycles. The summed E-state index contributed by atoms with van der Waals surface area (Å²) in [5, 5.41) is 3.24. The van der Waals surface area contributed by atoms with Gasteiger partial charge in [-0.1, -0.05) is 6.58 Å². The van der Waals surface area contributed by atoms with Crippen LogP contribution in [0.4, 0.5) is 17.2 Å². The van der Waals surface area contributed by atoms with E-state index in [0.29, 0.717) is 24.6 Å². The van der Waals surface area contributed by atoms with Crippen LogP contribution in [0, 0.1) is 13.8 Å². The third-order valence-electron chi connectivity index (χ3n) is 4.39. The van der Waals surface area contributed by atoms with E-state index in [1.165, 1.54) is 0 Å². The number of aromatic amines is 1. The van der Waals surface area contributed by atoms with Gasteiger partial charge in [0.2, 0.25) is 0 Å². The zero-order chi connectivity index (χ0) is 19.8. The number of aryl methyl sites for hydroxylation is 2. The maximum Gasteiger partial charge on any atom is 0.326 e. The van der Waals surface area contributed by atoms with Gasteiger partial charge in [-0.3, -0.25) is 9.36 Å². The Balaban J connectivity index is 1.95. The molecule has 1 aliphatic rings. The summed E-state index contributed by atoms with van der Waals surface area (Å²) in [5.74, 6) is 0.427. The third-order valence-corrected chi connectivity index (χ3v) is 5.19. The van der Waals surface area contributed by atoms with E-state index in [1.54, 1.807) is 0 Å². The molecule has 27 heavy (non-hydrogen) atoms. The van der Waals surface area contributed by atoms with Crippen LogP contribution >= 0.6 is 7.60 Å². The molecule has 0 bridgehead atoms. The fourth-order valence-corrected chi connectivity index (χ4v) is 3.33. The molecule has 0 saturated heterocycles. The van der Waals surface area contributed by atoms with Gasteiger partial charge in [0.1, 0.15) is 5.48 Å². The molecule has 3 rings (SSSR count). The molecular formula is C17H22N5O4P. The van der Waals surface area contributed by atoms with Crippen LogP contribution in [0.15, 0.2) is 21.9 Å². The van der Waals surface area contributed by atoms with Crippen molar-refractivity contribution in [1.82, 2.24) is 15.3 Å². The molecule has 1 aromatic carbocycles. The number of hydrogen-bond acceptors (Lipinski definition) is 6. The average molecular weight is 391 g/mol. The van der Waals surface area contributed by atoms with Gasteiger partial charge in [-0.2, -0.15) is 0 Å². The largest absolute Gasteiger partial charge is 0.326 e. The van der Waals surface area contributed by atoms with Crippen LogP contribution in [-0.4, -0.2) is 45.6 Å². The molecule has 144 valence electrons. The molecule has 2 heterocycles. The molecule has 1 aromatic heterocycles. The topological polar surface area (TPSA) is 131 Å². The predicted octanol–water partition coefficient (Wildman–Crippen LogP) is -0.0329. The summed E-state index contributed by atoms with van der Waals surface area (Å²) in [6.07, 6.45) is -0.227. The predicted molar refractivity (Wildman–Crippen MR) is 104 cm³/mol. The molecule has 0 fully saturated rings. The van der Waals surface area contributed by atoms with E-state index >= 15 is 0 Å². The third kappa shape index (κ3) is 4.33. The lowest BCUT2D eigenvalue weighted by Gasteiger charge is -2.28. The van der Waals surface area contributed by atoms with Crippen LogP contribution in [0.1, 0.15) is 11.1 Å². The zero-order valence-electron chi connectivity index (χ0n) is 15.2. The first-order valence-electron chi connectivity index (χ1n) is 8.48. The van der Waals surface area contributed by atoms with Crippen molar-refractivity contribution in [1.29, 1.82) is 0 Å².